The van der Waals surface area contributed by atoms with Crippen molar-refractivity contribution in [1.82, 2.24) is 10.3 Å². The molecule has 1 rings (SSSR count). The van der Waals surface area contributed by atoms with Crippen molar-refractivity contribution in [2.24, 2.45) is 5.92 Å². The zero-order valence-electron chi connectivity index (χ0n) is 10.6. The van der Waals surface area contributed by atoms with Crippen molar-refractivity contribution in [2.45, 2.75) is 26.3 Å². The maximum atomic E-state index is 11.7. The molecule has 0 fully saturated rings. The maximum Gasteiger partial charge on any atom is 0.230 e. The third-order valence-electron chi connectivity index (χ3n) is 2.40. The Morgan fingerprint density at radius 2 is 2.29 bits per heavy atom. The number of aromatic nitrogens is 1. The average Bonchev–Trinajstić information content (AvgIpc) is 2.29. The lowest BCUT2D eigenvalue weighted by Crippen LogP contribution is -2.30. The zero-order chi connectivity index (χ0) is 12.7. The Bertz CT molecular complexity index is 341. The molecule has 0 saturated heterocycles. The van der Waals surface area contributed by atoms with Gasteiger partial charge in [0.2, 0.25) is 5.91 Å². The summed E-state index contributed by atoms with van der Waals surface area (Å²) in [7, 11) is 0. The summed E-state index contributed by atoms with van der Waals surface area (Å²) in [5.74, 6) is 1.14. The van der Waals surface area contributed by atoms with Gasteiger partial charge in [0, 0.05) is 12.4 Å². The standard InChI is InChI=1S/C13H20N2OS/c1-10(2)7-12(15-13(16)9-17-3)11-5-4-6-14-8-11/h4-6,8,10,12H,7,9H2,1-3H3,(H,15,16). The summed E-state index contributed by atoms with van der Waals surface area (Å²) in [5, 5.41) is 3.07. The van der Waals surface area contributed by atoms with E-state index in [-0.39, 0.29) is 11.9 Å². The highest BCUT2D eigenvalue weighted by Gasteiger charge is 2.15. The highest BCUT2D eigenvalue weighted by atomic mass is 32.2. The summed E-state index contributed by atoms with van der Waals surface area (Å²) in [5.41, 5.74) is 1.08. The molecule has 17 heavy (non-hydrogen) atoms. The molecule has 1 atom stereocenters. The van der Waals surface area contributed by atoms with Crippen molar-refractivity contribution in [3.63, 3.8) is 0 Å². The number of pyridine rings is 1. The minimum atomic E-state index is 0.0725. The van der Waals surface area contributed by atoms with Gasteiger partial charge in [-0.15, -0.1) is 0 Å². The number of carbonyl (C=O) groups excluding carboxylic acids is 1. The van der Waals surface area contributed by atoms with Crippen LogP contribution in [0.1, 0.15) is 31.9 Å². The average molecular weight is 252 g/mol. The molecule has 0 spiro atoms. The molecule has 0 aliphatic heterocycles. The third kappa shape index (κ3) is 5.22. The number of nitrogens with one attached hydrogen (secondary N) is 1. The molecular weight excluding hydrogens is 232 g/mol. The summed E-state index contributed by atoms with van der Waals surface area (Å²) < 4.78 is 0. The summed E-state index contributed by atoms with van der Waals surface area (Å²) in [6.45, 7) is 4.31. The van der Waals surface area contributed by atoms with E-state index in [1.807, 2.05) is 24.6 Å². The van der Waals surface area contributed by atoms with Crippen LogP contribution in [0.3, 0.4) is 0 Å². The van der Waals surface area contributed by atoms with Crippen molar-refractivity contribution in [3.8, 4) is 0 Å². The second kappa shape index (κ2) is 7.33. The first-order valence-corrected chi connectivity index (χ1v) is 7.21. The molecule has 0 radical (unpaired) electrons. The Balaban J connectivity index is 2.70. The number of rotatable bonds is 6. The van der Waals surface area contributed by atoms with Crippen LogP contribution in [0.25, 0.3) is 0 Å². The second-order valence-electron chi connectivity index (χ2n) is 4.47. The van der Waals surface area contributed by atoms with E-state index in [0.717, 1.165) is 12.0 Å². The third-order valence-corrected chi connectivity index (χ3v) is 2.96. The molecular formula is C13H20N2OS. The molecule has 3 nitrogen and oxygen atoms in total. The molecule has 1 N–H and O–H groups in total. The van der Waals surface area contributed by atoms with E-state index in [0.29, 0.717) is 11.7 Å². The van der Waals surface area contributed by atoms with E-state index < -0.39 is 0 Å². The van der Waals surface area contributed by atoms with Crippen molar-refractivity contribution in [3.05, 3.63) is 30.1 Å². The summed E-state index contributed by atoms with van der Waals surface area (Å²) >= 11 is 1.54. The van der Waals surface area contributed by atoms with Crippen LogP contribution < -0.4 is 5.32 Å². The van der Waals surface area contributed by atoms with Crippen LogP contribution in [0.4, 0.5) is 0 Å². The van der Waals surface area contributed by atoms with Gasteiger partial charge >= 0.3 is 0 Å². The van der Waals surface area contributed by atoms with Gasteiger partial charge in [0.05, 0.1) is 11.8 Å². The van der Waals surface area contributed by atoms with Gasteiger partial charge in [0.1, 0.15) is 0 Å². The lowest BCUT2D eigenvalue weighted by Gasteiger charge is -2.20. The normalized spacial score (nSPS) is 12.5. The van der Waals surface area contributed by atoms with Crippen LogP contribution in [-0.4, -0.2) is 22.9 Å². The first-order valence-electron chi connectivity index (χ1n) is 5.81. The molecule has 1 unspecified atom stereocenters. The fraction of sp³-hybridized carbons (Fsp3) is 0.538. The van der Waals surface area contributed by atoms with Crippen molar-refractivity contribution in [1.29, 1.82) is 0 Å². The molecule has 0 aromatic carbocycles. The van der Waals surface area contributed by atoms with Crippen molar-refractivity contribution >= 4 is 17.7 Å². The molecule has 94 valence electrons. The highest BCUT2D eigenvalue weighted by Crippen LogP contribution is 2.20. The summed E-state index contributed by atoms with van der Waals surface area (Å²) in [4.78, 5) is 15.8. The maximum absolute atomic E-state index is 11.7. The Kier molecular flexibility index (Phi) is 6.05. The largest absolute Gasteiger partial charge is 0.349 e. The van der Waals surface area contributed by atoms with Gasteiger partial charge in [-0.05, 0) is 30.2 Å². The Morgan fingerprint density at radius 1 is 1.53 bits per heavy atom. The summed E-state index contributed by atoms with van der Waals surface area (Å²) in [6, 6.07) is 3.99. The van der Waals surface area contributed by atoms with Gasteiger partial charge in [-0.25, -0.2) is 0 Å². The molecule has 1 heterocycles. The number of hydrogen-bond donors (Lipinski definition) is 1. The second-order valence-corrected chi connectivity index (χ2v) is 5.34. The molecule has 1 amide bonds. The van der Waals surface area contributed by atoms with Gasteiger partial charge in [-0.1, -0.05) is 19.9 Å². The molecule has 1 aromatic rings. The fourth-order valence-electron chi connectivity index (χ4n) is 1.70. The number of hydrogen-bond acceptors (Lipinski definition) is 3. The predicted octanol–water partition coefficient (Wildman–Crippen LogP) is 2.65. The molecule has 0 bridgehead atoms. The first-order chi connectivity index (χ1) is 8.13. The van der Waals surface area contributed by atoms with E-state index >= 15 is 0 Å². The van der Waals surface area contributed by atoms with Crippen LogP contribution in [0.2, 0.25) is 0 Å². The highest BCUT2D eigenvalue weighted by molar-refractivity contribution is 7.99. The molecule has 4 heteroatoms. The van der Waals surface area contributed by atoms with Crippen molar-refractivity contribution < 1.29 is 4.79 Å². The quantitative estimate of drug-likeness (QED) is 0.846. The molecule has 1 aromatic heterocycles. The van der Waals surface area contributed by atoms with Crippen LogP contribution >= 0.6 is 11.8 Å². The van der Waals surface area contributed by atoms with E-state index in [4.69, 9.17) is 0 Å². The minimum Gasteiger partial charge on any atom is -0.349 e. The Labute approximate surface area is 107 Å². The monoisotopic (exact) mass is 252 g/mol. The molecule has 0 saturated carbocycles. The van der Waals surface area contributed by atoms with Crippen LogP contribution in [0.15, 0.2) is 24.5 Å². The Morgan fingerprint density at radius 3 is 2.82 bits per heavy atom. The topological polar surface area (TPSA) is 42.0 Å². The van der Waals surface area contributed by atoms with Gasteiger partial charge in [-0.2, -0.15) is 11.8 Å². The minimum absolute atomic E-state index is 0.0725. The van der Waals surface area contributed by atoms with Crippen LogP contribution in [0.5, 0.6) is 0 Å². The smallest absolute Gasteiger partial charge is 0.230 e. The van der Waals surface area contributed by atoms with Crippen molar-refractivity contribution in [2.75, 3.05) is 12.0 Å². The number of thioether (sulfide) groups is 1. The number of carbonyl (C=O) groups is 1. The van der Waals surface area contributed by atoms with Gasteiger partial charge in [-0.3, -0.25) is 9.78 Å². The van der Waals surface area contributed by atoms with Crippen LogP contribution in [-0.2, 0) is 4.79 Å². The van der Waals surface area contributed by atoms with Gasteiger partial charge in [0.15, 0.2) is 0 Å². The fourth-order valence-corrected chi connectivity index (χ4v) is 2.04. The lowest BCUT2D eigenvalue weighted by molar-refractivity contribution is -0.119. The molecule has 0 aliphatic rings. The van der Waals surface area contributed by atoms with Gasteiger partial charge < -0.3 is 5.32 Å². The zero-order valence-corrected chi connectivity index (χ0v) is 11.5. The van der Waals surface area contributed by atoms with E-state index in [2.05, 4.69) is 24.1 Å². The molecule has 0 aliphatic carbocycles. The van der Waals surface area contributed by atoms with E-state index in [1.165, 1.54) is 11.8 Å². The lowest BCUT2D eigenvalue weighted by atomic mass is 9.98. The van der Waals surface area contributed by atoms with Gasteiger partial charge in [0.25, 0.3) is 0 Å². The SMILES string of the molecule is CSCC(=O)NC(CC(C)C)c1cccnc1. The first kappa shape index (κ1) is 14.0. The van der Waals surface area contributed by atoms with E-state index in [9.17, 15) is 4.79 Å². The number of nitrogens with zero attached hydrogens (tertiary/aromatic N) is 1. The Hall–Kier alpha value is -1.03. The number of amides is 1. The van der Waals surface area contributed by atoms with Crippen LogP contribution in [0, 0.1) is 5.92 Å². The summed E-state index contributed by atoms with van der Waals surface area (Å²) in [6.07, 6.45) is 6.44. The van der Waals surface area contributed by atoms with E-state index in [1.54, 1.807) is 6.20 Å². The predicted molar refractivity (Wildman–Crippen MR) is 73.0 cm³/mol.